The van der Waals surface area contributed by atoms with Crippen molar-refractivity contribution in [3.05, 3.63) is 46.7 Å². The third kappa shape index (κ3) is 5.32. The van der Waals surface area contributed by atoms with Gasteiger partial charge in [-0.15, -0.1) is 22.7 Å². The summed E-state index contributed by atoms with van der Waals surface area (Å²) in [6, 6.07) is 8.34. The number of hydrogen-bond donors (Lipinski definition) is 2. The maximum atomic E-state index is 13.1. The van der Waals surface area contributed by atoms with Crippen LogP contribution in [-0.2, 0) is 4.79 Å². The Morgan fingerprint density at radius 3 is 2.78 bits per heavy atom. The van der Waals surface area contributed by atoms with Crippen molar-refractivity contribution < 1.29 is 14.7 Å². The highest BCUT2D eigenvalue weighted by atomic mass is 32.2. The van der Waals surface area contributed by atoms with Gasteiger partial charge in [-0.1, -0.05) is 43.8 Å². The molecular weight excluding hydrogens is 458 g/mol. The summed E-state index contributed by atoms with van der Waals surface area (Å²) in [4.78, 5) is 24.6. The molecule has 0 aromatic carbocycles. The van der Waals surface area contributed by atoms with Crippen molar-refractivity contribution >= 4 is 46.3 Å². The molecule has 2 heterocycles. The molecule has 0 saturated heterocycles. The van der Waals surface area contributed by atoms with Crippen LogP contribution in [0.5, 0.6) is 0 Å². The van der Waals surface area contributed by atoms with Crippen molar-refractivity contribution in [2.24, 2.45) is 23.2 Å². The number of fused-ring (bicyclic) bond motifs is 2. The summed E-state index contributed by atoms with van der Waals surface area (Å²) in [6.45, 7) is 4.70. The Bertz CT molecular complexity index is 963. The molecule has 2 aromatic heterocycles. The summed E-state index contributed by atoms with van der Waals surface area (Å²) < 4.78 is 2.38. The Morgan fingerprint density at radius 1 is 1.22 bits per heavy atom. The lowest BCUT2D eigenvalue weighted by molar-refractivity contribution is -0.137. The smallest absolute Gasteiger partial charge is 0.303 e. The summed E-state index contributed by atoms with van der Waals surface area (Å²) in [7, 11) is 0. The van der Waals surface area contributed by atoms with Crippen LogP contribution in [0.3, 0.4) is 0 Å². The van der Waals surface area contributed by atoms with Gasteiger partial charge in [-0.2, -0.15) is 0 Å². The molecule has 172 valence electrons. The molecular formula is C25H31NO3S3. The molecule has 0 aliphatic heterocycles. The summed E-state index contributed by atoms with van der Waals surface area (Å²) >= 11 is 5.00. The first-order valence-corrected chi connectivity index (χ1v) is 13.8. The number of unbranched alkanes of at least 4 members (excludes halogenated alkanes) is 1. The van der Waals surface area contributed by atoms with Gasteiger partial charge in [0, 0.05) is 12.5 Å². The second kappa shape index (κ2) is 10.1. The molecule has 3 saturated carbocycles. The minimum Gasteiger partial charge on any atom is -0.481 e. The van der Waals surface area contributed by atoms with Crippen molar-refractivity contribution in [3.8, 4) is 0 Å². The van der Waals surface area contributed by atoms with Crippen molar-refractivity contribution in [2.45, 2.75) is 66.8 Å². The molecule has 32 heavy (non-hydrogen) atoms. The molecule has 1 amide bonds. The number of carbonyl (C=O) groups excluding carboxylic acids is 1. The fourth-order valence-corrected chi connectivity index (χ4v) is 8.33. The highest BCUT2D eigenvalue weighted by molar-refractivity contribution is 8.02. The lowest BCUT2D eigenvalue weighted by Gasteiger charge is -2.62. The highest BCUT2D eigenvalue weighted by Crippen LogP contribution is 2.61. The normalized spacial score (nSPS) is 26.1. The molecule has 2 N–H and O–H groups in total. The van der Waals surface area contributed by atoms with E-state index in [-0.39, 0.29) is 23.8 Å². The number of rotatable bonds is 10. The quantitative estimate of drug-likeness (QED) is 0.280. The Kier molecular flexibility index (Phi) is 7.47. The maximum Gasteiger partial charge on any atom is 0.303 e. The van der Waals surface area contributed by atoms with E-state index in [0.717, 1.165) is 34.3 Å². The van der Waals surface area contributed by atoms with Gasteiger partial charge in [-0.3, -0.25) is 9.59 Å². The number of hydrogen-bond acceptors (Lipinski definition) is 5. The number of carboxylic acid groups (broad SMARTS) is 1. The minimum atomic E-state index is -0.735. The Labute approximate surface area is 202 Å². The summed E-state index contributed by atoms with van der Waals surface area (Å²) in [5.74, 6) is 1.03. The summed E-state index contributed by atoms with van der Waals surface area (Å²) in [6.07, 6.45) is 9.32. The van der Waals surface area contributed by atoms with Crippen LogP contribution in [0.15, 0.2) is 50.2 Å². The van der Waals surface area contributed by atoms with E-state index in [1.165, 1.54) is 10.6 Å². The first kappa shape index (κ1) is 23.6. The van der Waals surface area contributed by atoms with Crippen LogP contribution in [0.1, 0.15) is 62.0 Å². The molecule has 3 aliphatic rings. The predicted octanol–water partition coefficient (Wildman–Crippen LogP) is 6.94. The van der Waals surface area contributed by atoms with Gasteiger partial charge >= 0.3 is 5.97 Å². The average Bonchev–Trinajstić information content (AvgIpc) is 3.43. The average molecular weight is 490 g/mol. The molecule has 2 bridgehead atoms. The number of amides is 1. The SMILES string of the molecule is CC1(C)C2CC(CC=CCCCC(=O)O)C(NC(=O)c3ccc(Sc4cccs4)s3)C1C2. The maximum absolute atomic E-state index is 13.1. The highest BCUT2D eigenvalue weighted by Gasteiger charge is 2.57. The number of carbonyl (C=O) groups is 2. The third-order valence-corrected chi connectivity index (χ3v) is 10.5. The van der Waals surface area contributed by atoms with Crippen molar-refractivity contribution in [1.82, 2.24) is 5.32 Å². The molecule has 4 unspecified atom stereocenters. The van der Waals surface area contributed by atoms with Gasteiger partial charge in [0.05, 0.1) is 13.3 Å². The second-order valence-electron chi connectivity index (χ2n) is 9.50. The van der Waals surface area contributed by atoms with E-state index in [1.807, 2.05) is 18.2 Å². The second-order valence-corrected chi connectivity index (χ2v) is 13.1. The van der Waals surface area contributed by atoms with Gasteiger partial charge in [0.2, 0.25) is 0 Å². The molecule has 3 fully saturated rings. The zero-order chi connectivity index (χ0) is 22.7. The largest absolute Gasteiger partial charge is 0.481 e. The van der Waals surface area contributed by atoms with Gasteiger partial charge in [-0.05, 0) is 78.9 Å². The van der Waals surface area contributed by atoms with Gasteiger partial charge in [-0.25, -0.2) is 0 Å². The number of allylic oxidation sites excluding steroid dienone is 2. The van der Waals surface area contributed by atoms with Gasteiger partial charge in [0.25, 0.3) is 5.91 Å². The van der Waals surface area contributed by atoms with Crippen LogP contribution < -0.4 is 5.32 Å². The molecule has 4 atom stereocenters. The Balaban J connectivity index is 1.37. The van der Waals surface area contributed by atoms with Crippen LogP contribution in [0.4, 0.5) is 0 Å². The van der Waals surface area contributed by atoms with Gasteiger partial charge in [0.1, 0.15) is 0 Å². The van der Waals surface area contributed by atoms with Crippen molar-refractivity contribution in [3.63, 3.8) is 0 Å². The van der Waals surface area contributed by atoms with Gasteiger partial charge in [0.15, 0.2) is 0 Å². The van der Waals surface area contributed by atoms with E-state index in [2.05, 4.69) is 42.8 Å². The number of nitrogens with one attached hydrogen (secondary N) is 1. The zero-order valence-corrected chi connectivity index (χ0v) is 21.0. The fourth-order valence-electron chi connectivity index (χ4n) is 5.27. The Hall–Kier alpha value is -1.57. The fraction of sp³-hybridized carbons (Fsp3) is 0.520. The van der Waals surface area contributed by atoms with Crippen LogP contribution in [0.2, 0.25) is 0 Å². The van der Waals surface area contributed by atoms with E-state index in [4.69, 9.17) is 5.11 Å². The van der Waals surface area contributed by atoms with E-state index in [0.29, 0.717) is 18.3 Å². The van der Waals surface area contributed by atoms with E-state index < -0.39 is 5.97 Å². The standard InChI is InChI=1S/C25H31NO3S3/c1-25(2)17-14-16(8-5-3-4-6-9-20(27)28)23(18(25)15-17)26-24(29)19-11-12-22(31-19)32-21-10-7-13-30-21/h3,5,7,10-13,16-18,23H,4,6,8-9,14-15H2,1-2H3,(H,26,29)(H,27,28). The molecule has 2 aromatic rings. The summed E-state index contributed by atoms with van der Waals surface area (Å²) in [5.41, 5.74) is 0.287. The minimum absolute atomic E-state index is 0.0506. The van der Waals surface area contributed by atoms with E-state index in [9.17, 15) is 9.59 Å². The number of carboxylic acids is 1. The first-order chi connectivity index (χ1) is 15.3. The lowest BCUT2D eigenvalue weighted by atomic mass is 9.44. The zero-order valence-electron chi connectivity index (χ0n) is 18.6. The van der Waals surface area contributed by atoms with E-state index in [1.54, 1.807) is 34.4 Å². The number of aliphatic carboxylic acids is 1. The Morgan fingerprint density at radius 2 is 2.06 bits per heavy atom. The molecule has 3 aliphatic carbocycles. The van der Waals surface area contributed by atoms with Crippen LogP contribution in [0, 0.1) is 23.2 Å². The van der Waals surface area contributed by atoms with Crippen LogP contribution in [-0.4, -0.2) is 23.0 Å². The van der Waals surface area contributed by atoms with Crippen molar-refractivity contribution in [2.75, 3.05) is 0 Å². The molecule has 5 rings (SSSR count). The van der Waals surface area contributed by atoms with Crippen LogP contribution >= 0.6 is 34.4 Å². The molecule has 4 nitrogen and oxygen atoms in total. The van der Waals surface area contributed by atoms with E-state index >= 15 is 0 Å². The third-order valence-electron chi connectivity index (χ3n) is 7.24. The van der Waals surface area contributed by atoms with Gasteiger partial charge < -0.3 is 10.4 Å². The summed E-state index contributed by atoms with van der Waals surface area (Å²) in [5, 5.41) is 14.3. The van der Waals surface area contributed by atoms with Crippen LogP contribution in [0.25, 0.3) is 0 Å². The monoisotopic (exact) mass is 489 g/mol. The topological polar surface area (TPSA) is 66.4 Å². The molecule has 0 spiro atoms. The lowest BCUT2D eigenvalue weighted by Crippen LogP contribution is -2.63. The molecule has 0 radical (unpaired) electrons. The predicted molar refractivity (Wildman–Crippen MR) is 133 cm³/mol. The van der Waals surface area contributed by atoms with Crippen molar-refractivity contribution in [1.29, 1.82) is 0 Å². The number of thiophene rings is 2. The molecule has 7 heteroatoms. The first-order valence-electron chi connectivity index (χ1n) is 11.3.